The zero-order chi connectivity index (χ0) is 15.4. The Kier molecular flexibility index (Phi) is 4.81. The van der Waals surface area contributed by atoms with Crippen molar-refractivity contribution in [3.05, 3.63) is 69.1 Å². The first kappa shape index (κ1) is 15.3. The third-order valence-electron chi connectivity index (χ3n) is 3.35. The van der Waals surface area contributed by atoms with Gasteiger partial charge in [0, 0.05) is 12.3 Å². The topological polar surface area (TPSA) is 59.3 Å². The number of carboxylic acid groups (broad SMARTS) is 1. The van der Waals surface area contributed by atoms with Crippen LogP contribution in [0.4, 0.5) is 0 Å². The lowest BCUT2D eigenvalue weighted by Gasteiger charge is -2.15. The summed E-state index contributed by atoms with van der Waals surface area (Å²) in [6.07, 6.45) is 2.28. The lowest BCUT2D eigenvalue weighted by molar-refractivity contribution is -0.141. The van der Waals surface area contributed by atoms with Gasteiger partial charge in [-0.2, -0.15) is 0 Å². The maximum atomic E-state index is 11.8. The van der Waals surface area contributed by atoms with Gasteiger partial charge in [0.15, 0.2) is 0 Å². The standard InChI is InChI=1S/C16H16ClNO3/c1-11-2-4-12(5-3-11)6-8-14(16(20)21)18-10-13(17)7-9-15(18)19/h2-5,7,9-10,14H,6,8H2,1H3,(H,20,21). The second-order valence-corrected chi connectivity index (χ2v) is 5.41. The van der Waals surface area contributed by atoms with Crippen LogP contribution in [-0.4, -0.2) is 15.6 Å². The molecule has 0 aliphatic heterocycles. The molecular weight excluding hydrogens is 290 g/mol. The average Bonchev–Trinajstić information content (AvgIpc) is 2.44. The largest absolute Gasteiger partial charge is 0.480 e. The third kappa shape index (κ3) is 3.95. The highest BCUT2D eigenvalue weighted by Gasteiger charge is 2.20. The van der Waals surface area contributed by atoms with Crippen molar-refractivity contribution in [3.63, 3.8) is 0 Å². The average molecular weight is 306 g/mol. The van der Waals surface area contributed by atoms with E-state index in [1.807, 2.05) is 31.2 Å². The fourth-order valence-electron chi connectivity index (χ4n) is 2.16. The molecule has 0 saturated heterocycles. The fourth-order valence-corrected chi connectivity index (χ4v) is 2.33. The van der Waals surface area contributed by atoms with E-state index in [1.54, 1.807) is 0 Å². The molecule has 0 bridgehead atoms. The molecule has 0 saturated carbocycles. The van der Waals surface area contributed by atoms with Crippen LogP contribution in [0.3, 0.4) is 0 Å². The van der Waals surface area contributed by atoms with Crippen LogP contribution in [0.15, 0.2) is 47.4 Å². The second kappa shape index (κ2) is 6.59. The Morgan fingerprint density at radius 3 is 2.52 bits per heavy atom. The van der Waals surface area contributed by atoms with Crippen molar-refractivity contribution in [2.24, 2.45) is 0 Å². The second-order valence-electron chi connectivity index (χ2n) is 4.97. The quantitative estimate of drug-likeness (QED) is 0.923. The Hall–Kier alpha value is -2.07. The zero-order valence-electron chi connectivity index (χ0n) is 11.6. The zero-order valence-corrected chi connectivity index (χ0v) is 12.4. The summed E-state index contributed by atoms with van der Waals surface area (Å²) in [7, 11) is 0. The third-order valence-corrected chi connectivity index (χ3v) is 3.57. The molecule has 0 aliphatic rings. The van der Waals surface area contributed by atoms with Crippen molar-refractivity contribution in [3.8, 4) is 0 Å². The number of carboxylic acids is 1. The summed E-state index contributed by atoms with van der Waals surface area (Å²) in [5.41, 5.74) is 1.83. The van der Waals surface area contributed by atoms with Gasteiger partial charge < -0.3 is 5.11 Å². The van der Waals surface area contributed by atoms with Crippen molar-refractivity contribution >= 4 is 17.6 Å². The number of rotatable bonds is 5. The Morgan fingerprint density at radius 2 is 1.90 bits per heavy atom. The van der Waals surface area contributed by atoms with Gasteiger partial charge >= 0.3 is 5.97 Å². The molecule has 4 nitrogen and oxygen atoms in total. The van der Waals surface area contributed by atoms with Crippen molar-refractivity contribution in [1.82, 2.24) is 4.57 Å². The number of halogens is 1. The van der Waals surface area contributed by atoms with E-state index in [9.17, 15) is 14.7 Å². The molecule has 1 atom stereocenters. The smallest absolute Gasteiger partial charge is 0.326 e. The Morgan fingerprint density at radius 1 is 1.24 bits per heavy atom. The molecule has 0 fully saturated rings. The van der Waals surface area contributed by atoms with E-state index in [1.165, 1.54) is 22.9 Å². The normalized spacial score (nSPS) is 12.1. The van der Waals surface area contributed by atoms with E-state index in [2.05, 4.69) is 0 Å². The van der Waals surface area contributed by atoms with Crippen molar-refractivity contribution in [1.29, 1.82) is 0 Å². The molecule has 2 rings (SSSR count). The van der Waals surface area contributed by atoms with E-state index >= 15 is 0 Å². The molecule has 1 aromatic carbocycles. The van der Waals surface area contributed by atoms with Crippen LogP contribution >= 0.6 is 11.6 Å². The summed E-state index contributed by atoms with van der Waals surface area (Å²) < 4.78 is 1.18. The molecule has 5 heteroatoms. The predicted octanol–water partition coefficient (Wildman–Crippen LogP) is 3.07. The van der Waals surface area contributed by atoms with Gasteiger partial charge in [-0.15, -0.1) is 0 Å². The highest BCUT2D eigenvalue weighted by atomic mass is 35.5. The highest BCUT2D eigenvalue weighted by Crippen LogP contribution is 2.16. The summed E-state index contributed by atoms with van der Waals surface area (Å²) in [5.74, 6) is -1.04. The lowest BCUT2D eigenvalue weighted by Crippen LogP contribution is -2.29. The molecule has 1 N–H and O–H groups in total. The molecular formula is C16H16ClNO3. The number of hydrogen-bond donors (Lipinski definition) is 1. The summed E-state index contributed by atoms with van der Waals surface area (Å²) >= 11 is 5.85. The number of nitrogens with zero attached hydrogens (tertiary/aromatic N) is 1. The van der Waals surface area contributed by atoms with Crippen LogP contribution in [0, 0.1) is 6.92 Å². The molecule has 1 aromatic heterocycles. The minimum absolute atomic E-state index is 0.332. The number of aromatic nitrogens is 1. The number of aryl methyl sites for hydroxylation is 2. The molecule has 0 spiro atoms. The van der Waals surface area contributed by atoms with Gasteiger partial charge in [-0.3, -0.25) is 9.36 Å². The van der Waals surface area contributed by atoms with Crippen LogP contribution in [0.2, 0.25) is 5.02 Å². The van der Waals surface area contributed by atoms with Crippen molar-refractivity contribution < 1.29 is 9.90 Å². The van der Waals surface area contributed by atoms with Gasteiger partial charge in [0.05, 0.1) is 5.02 Å². The Balaban J connectivity index is 2.20. The molecule has 1 heterocycles. The predicted molar refractivity (Wildman–Crippen MR) is 81.9 cm³/mol. The molecule has 0 radical (unpaired) electrons. The molecule has 1 unspecified atom stereocenters. The Labute approximate surface area is 127 Å². The monoisotopic (exact) mass is 305 g/mol. The number of carbonyl (C=O) groups is 1. The number of hydrogen-bond acceptors (Lipinski definition) is 2. The van der Waals surface area contributed by atoms with Crippen molar-refractivity contribution in [2.75, 3.05) is 0 Å². The molecule has 110 valence electrons. The van der Waals surface area contributed by atoms with Crippen LogP contribution < -0.4 is 5.56 Å². The molecule has 21 heavy (non-hydrogen) atoms. The van der Waals surface area contributed by atoms with Gasteiger partial charge in [-0.25, -0.2) is 4.79 Å². The minimum Gasteiger partial charge on any atom is -0.480 e. The molecule has 0 aliphatic carbocycles. The number of pyridine rings is 1. The van der Waals surface area contributed by atoms with Gasteiger partial charge in [0.25, 0.3) is 5.56 Å². The van der Waals surface area contributed by atoms with Gasteiger partial charge in [0.2, 0.25) is 0 Å². The first-order chi connectivity index (χ1) is 9.97. The molecule has 0 amide bonds. The summed E-state index contributed by atoms with van der Waals surface area (Å²) in [6, 6.07) is 9.72. The highest BCUT2D eigenvalue weighted by molar-refractivity contribution is 6.30. The van der Waals surface area contributed by atoms with E-state index < -0.39 is 12.0 Å². The van der Waals surface area contributed by atoms with Crippen LogP contribution in [0.5, 0.6) is 0 Å². The van der Waals surface area contributed by atoms with Gasteiger partial charge in [-0.1, -0.05) is 41.4 Å². The first-order valence-corrected chi connectivity index (χ1v) is 7.01. The van der Waals surface area contributed by atoms with Crippen LogP contribution in [0.25, 0.3) is 0 Å². The van der Waals surface area contributed by atoms with Crippen LogP contribution in [-0.2, 0) is 11.2 Å². The lowest BCUT2D eigenvalue weighted by atomic mass is 10.0. The fraction of sp³-hybridized carbons (Fsp3) is 0.250. The Bertz CT molecular complexity index is 691. The van der Waals surface area contributed by atoms with E-state index in [4.69, 9.17) is 11.6 Å². The summed E-state index contributed by atoms with van der Waals surface area (Å²) in [5, 5.41) is 9.71. The van der Waals surface area contributed by atoms with E-state index in [-0.39, 0.29) is 5.56 Å². The number of benzene rings is 1. The van der Waals surface area contributed by atoms with Gasteiger partial charge in [-0.05, 0) is 31.4 Å². The molecule has 2 aromatic rings. The summed E-state index contributed by atoms with van der Waals surface area (Å²) in [6.45, 7) is 2.00. The van der Waals surface area contributed by atoms with Crippen LogP contribution in [0.1, 0.15) is 23.6 Å². The number of aliphatic carboxylic acids is 1. The SMILES string of the molecule is Cc1ccc(CCC(C(=O)O)n2cc(Cl)ccc2=O)cc1. The maximum absolute atomic E-state index is 11.8. The van der Waals surface area contributed by atoms with E-state index in [0.29, 0.717) is 17.9 Å². The first-order valence-electron chi connectivity index (χ1n) is 6.63. The summed E-state index contributed by atoms with van der Waals surface area (Å²) in [4.78, 5) is 23.3. The van der Waals surface area contributed by atoms with Crippen molar-refractivity contribution in [2.45, 2.75) is 25.8 Å². The maximum Gasteiger partial charge on any atom is 0.326 e. The van der Waals surface area contributed by atoms with E-state index in [0.717, 1.165) is 11.1 Å². The van der Waals surface area contributed by atoms with Gasteiger partial charge in [0.1, 0.15) is 6.04 Å². The minimum atomic E-state index is -1.04.